The molecule has 0 radical (unpaired) electrons. The van der Waals surface area contributed by atoms with Crippen LogP contribution < -0.4 is 0 Å². The lowest BCUT2D eigenvalue weighted by molar-refractivity contribution is -0.137. The first-order valence-corrected chi connectivity index (χ1v) is 6.70. The fourth-order valence-electron chi connectivity index (χ4n) is 2.37. The standard InChI is InChI=1S/C13H24N2O3/c1-11-6-3-4-9-15(11)12(16)10-14(2)8-5-7-13(17)18/h11H,3-10H2,1-2H3,(H,17,18). The SMILES string of the molecule is CC1CCCCN1C(=O)CN(C)CCCC(=O)O. The second-order valence-corrected chi connectivity index (χ2v) is 5.17. The number of carboxylic acids is 1. The third-order valence-electron chi connectivity index (χ3n) is 3.46. The summed E-state index contributed by atoms with van der Waals surface area (Å²) in [5.41, 5.74) is 0. The molecule has 0 aromatic heterocycles. The van der Waals surface area contributed by atoms with Gasteiger partial charge in [0.2, 0.25) is 5.91 Å². The van der Waals surface area contributed by atoms with Gasteiger partial charge in [-0.2, -0.15) is 0 Å². The minimum absolute atomic E-state index is 0.165. The fraction of sp³-hybridized carbons (Fsp3) is 0.846. The molecule has 1 rings (SSSR count). The number of carbonyl (C=O) groups is 2. The van der Waals surface area contributed by atoms with Gasteiger partial charge in [-0.25, -0.2) is 0 Å². The Morgan fingerprint density at radius 1 is 1.39 bits per heavy atom. The molecule has 1 unspecified atom stereocenters. The fourth-order valence-corrected chi connectivity index (χ4v) is 2.37. The molecule has 1 aliphatic rings. The van der Waals surface area contributed by atoms with Crippen molar-refractivity contribution in [3.63, 3.8) is 0 Å². The minimum Gasteiger partial charge on any atom is -0.481 e. The number of amides is 1. The van der Waals surface area contributed by atoms with E-state index in [1.54, 1.807) is 0 Å². The zero-order valence-electron chi connectivity index (χ0n) is 11.4. The normalized spacial score (nSPS) is 20.2. The van der Waals surface area contributed by atoms with E-state index in [2.05, 4.69) is 6.92 Å². The molecule has 1 amide bonds. The predicted octanol–water partition coefficient (Wildman–Crippen LogP) is 1.18. The smallest absolute Gasteiger partial charge is 0.303 e. The van der Waals surface area contributed by atoms with Crippen LogP contribution in [0.3, 0.4) is 0 Å². The number of nitrogens with zero attached hydrogens (tertiary/aromatic N) is 2. The monoisotopic (exact) mass is 256 g/mol. The number of carboxylic acid groups (broad SMARTS) is 1. The first-order chi connectivity index (χ1) is 8.50. The van der Waals surface area contributed by atoms with Gasteiger partial charge < -0.3 is 10.0 Å². The lowest BCUT2D eigenvalue weighted by atomic mass is 10.0. The topological polar surface area (TPSA) is 60.9 Å². The molecule has 1 aliphatic heterocycles. The van der Waals surface area contributed by atoms with Gasteiger partial charge in [0.25, 0.3) is 0 Å². The molecule has 1 heterocycles. The summed E-state index contributed by atoms with van der Waals surface area (Å²) in [6.45, 7) is 4.01. The summed E-state index contributed by atoms with van der Waals surface area (Å²) in [6, 6.07) is 0.346. The molecule has 5 heteroatoms. The Morgan fingerprint density at radius 2 is 2.11 bits per heavy atom. The average Bonchev–Trinajstić information content (AvgIpc) is 2.28. The molecule has 0 saturated carbocycles. The Bertz CT molecular complexity index is 294. The number of hydrogen-bond acceptors (Lipinski definition) is 3. The van der Waals surface area contributed by atoms with E-state index in [1.807, 2.05) is 16.8 Å². The number of likely N-dealkylation sites (tertiary alicyclic amines) is 1. The van der Waals surface area contributed by atoms with Gasteiger partial charge in [0.05, 0.1) is 6.54 Å². The first kappa shape index (κ1) is 15.0. The highest BCUT2D eigenvalue weighted by molar-refractivity contribution is 5.78. The van der Waals surface area contributed by atoms with Crippen molar-refractivity contribution in [2.24, 2.45) is 0 Å². The summed E-state index contributed by atoms with van der Waals surface area (Å²) < 4.78 is 0. The van der Waals surface area contributed by atoms with E-state index < -0.39 is 5.97 Å². The Hall–Kier alpha value is -1.10. The summed E-state index contributed by atoms with van der Waals surface area (Å²) in [4.78, 5) is 26.3. The van der Waals surface area contributed by atoms with Gasteiger partial charge in [-0.05, 0) is 46.2 Å². The zero-order valence-corrected chi connectivity index (χ0v) is 11.4. The Balaban J connectivity index is 2.27. The Labute approximate surface area is 109 Å². The van der Waals surface area contributed by atoms with Crippen LogP contribution in [0.25, 0.3) is 0 Å². The van der Waals surface area contributed by atoms with Crippen molar-refractivity contribution in [2.45, 2.75) is 45.1 Å². The number of aliphatic carboxylic acids is 1. The summed E-state index contributed by atoms with van der Waals surface area (Å²) >= 11 is 0. The quantitative estimate of drug-likeness (QED) is 0.775. The van der Waals surface area contributed by atoms with Crippen LogP contribution in [-0.2, 0) is 9.59 Å². The van der Waals surface area contributed by atoms with Gasteiger partial charge in [0.15, 0.2) is 0 Å². The minimum atomic E-state index is -0.778. The van der Waals surface area contributed by atoms with Crippen LogP contribution in [0.5, 0.6) is 0 Å². The van der Waals surface area contributed by atoms with E-state index in [4.69, 9.17) is 5.11 Å². The third-order valence-corrected chi connectivity index (χ3v) is 3.46. The van der Waals surface area contributed by atoms with Crippen molar-refractivity contribution in [2.75, 3.05) is 26.7 Å². The van der Waals surface area contributed by atoms with Crippen LogP contribution in [0.2, 0.25) is 0 Å². The van der Waals surface area contributed by atoms with Crippen LogP contribution in [0.1, 0.15) is 39.0 Å². The van der Waals surface area contributed by atoms with Crippen LogP contribution >= 0.6 is 0 Å². The molecule has 5 nitrogen and oxygen atoms in total. The molecule has 0 aromatic carbocycles. The second-order valence-electron chi connectivity index (χ2n) is 5.17. The Kier molecular flexibility index (Phi) is 6.12. The molecule has 18 heavy (non-hydrogen) atoms. The predicted molar refractivity (Wildman–Crippen MR) is 69.4 cm³/mol. The van der Waals surface area contributed by atoms with Gasteiger partial charge in [0.1, 0.15) is 0 Å². The van der Waals surface area contributed by atoms with Crippen molar-refractivity contribution in [1.29, 1.82) is 0 Å². The molecule has 1 N–H and O–H groups in total. The van der Waals surface area contributed by atoms with Crippen LogP contribution in [0.15, 0.2) is 0 Å². The molecule has 1 saturated heterocycles. The molecule has 0 bridgehead atoms. The number of rotatable bonds is 6. The lowest BCUT2D eigenvalue weighted by Crippen LogP contribution is -2.46. The van der Waals surface area contributed by atoms with E-state index in [-0.39, 0.29) is 12.3 Å². The van der Waals surface area contributed by atoms with Crippen LogP contribution in [0.4, 0.5) is 0 Å². The van der Waals surface area contributed by atoms with E-state index in [1.165, 1.54) is 6.42 Å². The van der Waals surface area contributed by atoms with E-state index in [9.17, 15) is 9.59 Å². The molecule has 1 atom stereocenters. The number of piperidine rings is 1. The molecular formula is C13H24N2O3. The van der Waals surface area contributed by atoms with Crippen LogP contribution in [-0.4, -0.2) is 59.5 Å². The summed E-state index contributed by atoms with van der Waals surface area (Å²) in [7, 11) is 1.87. The van der Waals surface area contributed by atoms with Gasteiger partial charge in [-0.3, -0.25) is 14.5 Å². The molecule has 0 aliphatic carbocycles. The lowest BCUT2D eigenvalue weighted by Gasteiger charge is -2.34. The third kappa shape index (κ3) is 5.04. The summed E-state index contributed by atoms with van der Waals surface area (Å²) in [5, 5.41) is 8.55. The highest BCUT2D eigenvalue weighted by Crippen LogP contribution is 2.16. The van der Waals surface area contributed by atoms with Gasteiger partial charge >= 0.3 is 5.97 Å². The first-order valence-electron chi connectivity index (χ1n) is 6.70. The van der Waals surface area contributed by atoms with E-state index >= 15 is 0 Å². The van der Waals surface area contributed by atoms with Gasteiger partial charge in [-0.15, -0.1) is 0 Å². The molecule has 104 valence electrons. The molecular weight excluding hydrogens is 232 g/mol. The molecule has 1 fully saturated rings. The second kappa shape index (κ2) is 7.36. The number of likely N-dealkylation sites (N-methyl/N-ethyl adjacent to an activating group) is 1. The van der Waals surface area contributed by atoms with E-state index in [0.29, 0.717) is 25.6 Å². The largest absolute Gasteiger partial charge is 0.481 e. The van der Waals surface area contributed by atoms with Crippen LogP contribution in [0, 0.1) is 0 Å². The van der Waals surface area contributed by atoms with Crippen molar-refractivity contribution < 1.29 is 14.7 Å². The van der Waals surface area contributed by atoms with Crippen molar-refractivity contribution in [3.05, 3.63) is 0 Å². The van der Waals surface area contributed by atoms with Crippen molar-refractivity contribution >= 4 is 11.9 Å². The number of hydrogen-bond donors (Lipinski definition) is 1. The molecule has 0 aromatic rings. The highest BCUT2D eigenvalue weighted by atomic mass is 16.4. The maximum Gasteiger partial charge on any atom is 0.303 e. The maximum absolute atomic E-state index is 12.1. The highest BCUT2D eigenvalue weighted by Gasteiger charge is 2.23. The van der Waals surface area contributed by atoms with Gasteiger partial charge in [-0.1, -0.05) is 0 Å². The summed E-state index contributed by atoms with van der Waals surface area (Å²) in [6.07, 6.45) is 4.15. The molecule has 0 spiro atoms. The average molecular weight is 256 g/mol. The van der Waals surface area contributed by atoms with Crippen molar-refractivity contribution in [3.8, 4) is 0 Å². The Morgan fingerprint density at radius 3 is 2.72 bits per heavy atom. The van der Waals surface area contributed by atoms with E-state index in [0.717, 1.165) is 19.4 Å². The van der Waals surface area contributed by atoms with Gasteiger partial charge in [0, 0.05) is 19.0 Å². The summed E-state index contributed by atoms with van der Waals surface area (Å²) in [5.74, 6) is -0.612. The number of carbonyl (C=O) groups excluding carboxylic acids is 1. The van der Waals surface area contributed by atoms with Crippen molar-refractivity contribution in [1.82, 2.24) is 9.80 Å². The maximum atomic E-state index is 12.1. The zero-order chi connectivity index (χ0) is 13.5.